The molecular formula is C25H28F3N3O2S2. The number of imidazole rings is 1. The van der Waals surface area contributed by atoms with E-state index in [1.807, 2.05) is 6.07 Å². The molecular weight excluding hydrogens is 495 g/mol. The van der Waals surface area contributed by atoms with Crippen molar-refractivity contribution in [2.24, 2.45) is 5.92 Å². The van der Waals surface area contributed by atoms with Gasteiger partial charge in [0.25, 0.3) is 0 Å². The Hall–Kier alpha value is -2.04. The predicted octanol–water partition coefficient (Wildman–Crippen LogP) is 6.28. The molecule has 2 fully saturated rings. The number of hydrogen-bond donors (Lipinski definition) is 0. The van der Waals surface area contributed by atoms with Crippen LogP contribution in [0.25, 0.3) is 11.0 Å². The fourth-order valence-corrected chi connectivity index (χ4v) is 7.82. The number of sulfonamides is 1. The van der Waals surface area contributed by atoms with Crippen molar-refractivity contribution in [3.05, 3.63) is 53.3 Å². The summed E-state index contributed by atoms with van der Waals surface area (Å²) in [5.74, 6) is -3.37. The summed E-state index contributed by atoms with van der Waals surface area (Å²) in [5, 5.41) is 0.665. The summed E-state index contributed by atoms with van der Waals surface area (Å²) < 4.78 is 71.0. The van der Waals surface area contributed by atoms with Gasteiger partial charge in [0.05, 0.1) is 15.9 Å². The van der Waals surface area contributed by atoms with E-state index in [2.05, 4.69) is 11.5 Å². The summed E-state index contributed by atoms with van der Waals surface area (Å²) in [6, 6.07) is 7.34. The molecule has 10 heteroatoms. The minimum atomic E-state index is -3.62. The van der Waals surface area contributed by atoms with Gasteiger partial charge < -0.3 is 4.57 Å². The van der Waals surface area contributed by atoms with Gasteiger partial charge in [0.2, 0.25) is 10.0 Å². The number of thioether (sulfide) groups is 1. The van der Waals surface area contributed by atoms with Crippen molar-refractivity contribution in [3.63, 3.8) is 0 Å². The van der Waals surface area contributed by atoms with Crippen LogP contribution < -0.4 is 0 Å². The minimum absolute atomic E-state index is 0.209. The minimum Gasteiger partial charge on any atom is -0.316 e. The second-order valence-corrected chi connectivity index (χ2v) is 12.5. The molecule has 2 aliphatic rings. The molecule has 3 aromatic rings. The van der Waals surface area contributed by atoms with Crippen LogP contribution in [0.3, 0.4) is 0 Å². The molecule has 2 aromatic carbocycles. The van der Waals surface area contributed by atoms with Crippen molar-refractivity contribution in [2.45, 2.75) is 67.3 Å². The van der Waals surface area contributed by atoms with E-state index in [1.54, 1.807) is 16.4 Å². The second-order valence-electron chi connectivity index (χ2n) is 9.63. The second kappa shape index (κ2) is 9.78. The molecule has 1 saturated carbocycles. The summed E-state index contributed by atoms with van der Waals surface area (Å²) in [6.07, 6.45) is 6.06. The lowest BCUT2D eigenvalue weighted by Crippen LogP contribution is -2.39. The SMILES string of the molecule is C[C@@H]1CCCN(S(=O)(=O)c2ccc3c(c2)nc(SCc2cc(F)c(F)c(F)c2)n3C2CCCC2)C1. The van der Waals surface area contributed by atoms with Crippen LogP contribution in [-0.2, 0) is 15.8 Å². The molecule has 1 aromatic heterocycles. The first-order valence-electron chi connectivity index (χ1n) is 12.0. The molecule has 188 valence electrons. The first kappa shape index (κ1) is 24.6. The maximum absolute atomic E-state index is 13.7. The van der Waals surface area contributed by atoms with Gasteiger partial charge in [0.15, 0.2) is 22.6 Å². The highest BCUT2D eigenvalue weighted by molar-refractivity contribution is 7.98. The van der Waals surface area contributed by atoms with E-state index in [-0.39, 0.29) is 16.7 Å². The van der Waals surface area contributed by atoms with Gasteiger partial charge in [-0.05, 0) is 67.5 Å². The maximum Gasteiger partial charge on any atom is 0.243 e. The molecule has 0 N–H and O–H groups in total. The number of benzene rings is 2. The van der Waals surface area contributed by atoms with Gasteiger partial charge in [0.1, 0.15) is 0 Å². The van der Waals surface area contributed by atoms with E-state index in [4.69, 9.17) is 4.98 Å². The molecule has 1 atom stereocenters. The topological polar surface area (TPSA) is 55.2 Å². The first-order valence-corrected chi connectivity index (χ1v) is 14.4. The quantitative estimate of drug-likeness (QED) is 0.282. The fraction of sp³-hybridized carbons (Fsp3) is 0.480. The molecule has 0 spiro atoms. The average molecular weight is 524 g/mol. The van der Waals surface area contributed by atoms with Gasteiger partial charge in [-0.3, -0.25) is 0 Å². The van der Waals surface area contributed by atoms with E-state index in [9.17, 15) is 21.6 Å². The molecule has 0 unspecified atom stereocenters. The van der Waals surface area contributed by atoms with Crippen LogP contribution in [0.5, 0.6) is 0 Å². The van der Waals surface area contributed by atoms with Gasteiger partial charge >= 0.3 is 0 Å². The van der Waals surface area contributed by atoms with Crippen LogP contribution >= 0.6 is 11.8 Å². The highest BCUT2D eigenvalue weighted by Gasteiger charge is 2.30. The fourth-order valence-electron chi connectivity index (χ4n) is 5.19. The summed E-state index contributed by atoms with van der Waals surface area (Å²) >= 11 is 1.31. The molecule has 5 rings (SSSR count). The van der Waals surface area contributed by atoms with Crippen molar-refractivity contribution in [1.29, 1.82) is 0 Å². The summed E-state index contributed by atoms with van der Waals surface area (Å²) in [4.78, 5) is 4.98. The summed E-state index contributed by atoms with van der Waals surface area (Å²) in [7, 11) is -3.62. The Kier molecular flexibility index (Phi) is 6.89. The largest absolute Gasteiger partial charge is 0.316 e. The van der Waals surface area contributed by atoms with E-state index in [0.717, 1.165) is 56.2 Å². The Bertz CT molecular complexity index is 1330. The normalized spacial score (nSPS) is 20.2. The van der Waals surface area contributed by atoms with Crippen LogP contribution in [0, 0.1) is 23.4 Å². The zero-order chi connectivity index (χ0) is 24.7. The Morgan fingerprint density at radius 3 is 2.43 bits per heavy atom. The lowest BCUT2D eigenvalue weighted by Gasteiger charge is -2.30. The van der Waals surface area contributed by atoms with Gasteiger partial charge in [-0.2, -0.15) is 4.31 Å². The number of halogens is 3. The third-order valence-corrected chi connectivity index (χ3v) is 9.87. The van der Waals surface area contributed by atoms with Crippen molar-refractivity contribution < 1.29 is 21.6 Å². The Balaban J connectivity index is 1.49. The van der Waals surface area contributed by atoms with Crippen LogP contribution in [0.4, 0.5) is 13.2 Å². The number of hydrogen-bond acceptors (Lipinski definition) is 4. The maximum atomic E-state index is 13.7. The number of rotatable bonds is 6. The molecule has 5 nitrogen and oxygen atoms in total. The summed E-state index contributed by atoms with van der Waals surface area (Å²) in [6.45, 7) is 3.10. The molecule has 0 bridgehead atoms. The van der Waals surface area contributed by atoms with Crippen LogP contribution in [-0.4, -0.2) is 35.4 Å². The van der Waals surface area contributed by atoms with E-state index < -0.39 is 27.5 Å². The molecule has 1 saturated heterocycles. The Labute approximate surface area is 207 Å². The highest BCUT2D eigenvalue weighted by atomic mass is 32.2. The lowest BCUT2D eigenvalue weighted by molar-refractivity contribution is 0.281. The molecule has 0 radical (unpaired) electrons. The Morgan fingerprint density at radius 1 is 1.03 bits per heavy atom. The molecule has 0 amide bonds. The monoisotopic (exact) mass is 523 g/mol. The molecule has 1 aliphatic heterocycles. The van der Waals surface area contributed by atoms with Gasteiger partial charge in [-0.25, -0.2) is 26.6 Å². The lowest BCUT2D eigenvalue weighted by atomic mass is 10.0. The van der Waals surface area contributed by atoms with Gasteiger partial charge in [-0.1, -0.05) is 31.5 Å². The van der Waals surface area contributed by atoms with Gasteiger partial charge in [-0.15, -0.1) is 0 Å². The predicted molar refractivity (Wildman–Crippen MR) is 130 cm³/mol. The van der Waals surface area contributed by atoms with E-state index >= 15 is 0 Å². The standard InChI is InChI=1S/C25H28F3N3O2S2/c1-16-5-4-10-30(14-16)35(32,33)19-8-9-23-22(13-19)29-25(31(23)18-6-2-3-7-18)34-15-17-11-20(26)24(28)21(27)12-17/h8-9,11-13,16,18H,2-7,10,14-15H2,1H3/t16-/m1/s1. The molecule has 2 heterocycles. The number of piperidine rings is 1. The smallest absolute Gasteiger partial charge is 0.243 e. The van der Waals surface area contributed by atoms with Gasteiger partial charge in [0, 0.05) is 24.9 Å². The molecule has 1 aliphatic carbocycles. The number of fused-ring (bicyclic) bond motifs is 1. The van der Waals surface area contributed by atoms with Crippen LogP contribution in [0.15, 0.2) is 40.4 Å². The highest BCUT2D eigenvalue weighted by Crippen LogP contribution is 2.38. The third-order valence-electron chi connectivity index (χ3n) is 6.99. The third kappa shape index (κ3) is 4.84. The van der Waals surface area contributed by atoms with Crippen molar-refractivity contribution >= 4 is 32.8 Å². The molecule has 35 heavy (non-hydrogen) atoms. The number of aromatic nitrogens is 2. The summed E-state index contributed by atoms with van der Waals surface area (Å²) in [5.41, 5.74) is 1.75. The van der Waals surface area contributed by atoms with Crippen molar-refractivity contribution in [2.75, 3.05) is 13.1 Å². The zero-order valence-corrected chi connectivity index (χ0v) is 21.1. The van der Waals surface area contributed by atoms with E-state index in [1.165, 1.54) is 11.8 Å². The first-order chi connectivity index (χ1) is 16.7. The number of nitrogens with zero attached hydrogens (tertiary/aromatic N) is 3. The zero-order valence-electron chi connectivity index (χ0n) is 19.5. The Morgan fingerprint density at radius 2 is 1.74 bits per heavy atom. The van der Waals surface area contributed by atoms with Crippen LogP contribution in [0.2, 0.25) is 0 Å². The van der Waals surface area contributed by atoms with Crippen molar-refractivity contribution in [3.8, 4) is 0 Å². The average Bonchev–Trinajstić information content (AvgIpc) is 3.48. The van der Waals surface area contributed by atoms with E-state index in [0.29, 0.717) is 35.2 Å². The van der Waals surface area contributed by atoms with Crippen LogP contribution in [0.1, 0.15) is 57.1 Å². The van der Waals surface area contributed by atoms with Crippen molar-refractivity contribution in [1.82, 2.24) is 13.9 Å².